The van der Waals surface area contributed by atoms with E-state index in [1.807, 2.05) is 13.0 Å². The fourth-order valence-corrected chi connectivity index (χ4v) is 5.82. The normalized spacial score (nSPS) is 16.5. The number of amides is 1. The number of aliphatic carboxylic acids is 4. The first-order valence-electron chi connectivity index (χ1n) is 16.0. The fraction of sp³-hybridized carbons (Fsp3) is 0.485. The van der Waals surface area contributed by atoms with Crippen LogP contribution in [-0.2, 0) is 19.2 Å². The van der Waals surface area contributed by atoms with Crippen LogP contribution in [0.25, 0.3) is 0 Å². The zero-order valence-corrected chi connectivity index (χ0v) is 28.3. The van der Waals surface area contributed by atoms with Crippen molar-refractivity contribution in [3.05, 3.63) is 58.6 Å². The summed E-state index contributed by atoms with van der Waals surface area (Å²) in [6, 6.07) is 11.5. The number of hydrogen-bond donors (Lipinski definition) is 6. The molecule has 6 N–H and O–H groups in total. The predicted molar refractivity (Wildman–Crippen MR) is 183 cm³/mol. The van der Waals surface area contributed by atoms with Crippen molar-refractivity contribution >= 4 is 52.8 Å². The molecule has 0 radical (unpaired) electrons. The maximum absolute atomic E-state index is 13.2. The van der Waals surface area contributed by atoms with Crippen LogP contribution in [0.1, 0.15) is 28.8 Å². The van der Waals surface area contributed by atoms with E-state index in [1.54, 1.807) is 56.0 Å². The van der Waals surface area contributed by atoms with Crippen LogP contribution < -0.4 is 10.6 Å². The molecule has 1 aliphatic heterocycles. The molecule has 0 bridgehead atoms. The number of carbonyl (C=O) groups excluding carboxylic acids is 1. The standard InChI is InChI=1S/C33H45ClN6O9/c1-23-25(34)7-4-9-26(23)36-27-8-3-2-6-24(27)32(47)35-11-5-10-28(33(48)49)40-18-16-38(21-30(43)44)14-12-37(20-29(41)42)13-15-39(17-19-40)22-31(45)46/h2-4,6-9,28,36H,5,10-22H2,1H3,(H,35,47)(H,41,42)(H,43,44)(H,45,46)(H,48,49). The zero-order valence-electron chi connectivity index (χ0n) is 27.5. The van der Waals surface area contributed by atoms with Gasteiger partial charge in [0.15, 0.2) is 0 Å². The Kier molecular flexibility index (Phi) is 15.7. The van der Waals surface area contributed by atoms with Crippen molar-refractivity contribution < 1.29 is 44.4 Å². The summed E-state index contributed by atoms with van der Waals surface area (Å²) in [7, 11) is 0. The van der Waals surface area contributed by atoms with Gasteiger partial charge in [0.25, 0.3) is 5.91 Å². The Hall–Kier alpha value is -4.28. The van der Waals surface area contributed by atoms with E-state index in [1.165, 1.54) is 0 Å². The number of carboxylic acid groups (broad SMARTS) is 4. The van der Waals surface area contributed by atoms with E-state index in [9.17, 15) is 44.4 Å². The summed E-state index contributed by atoms with van der Waals surface area (Å²) < 4.78 is 0. The third-order valence-corrected chi connectivity index (χ3v) is 8.73. The van der Waals surface area contributed by atoms with Gasteiger partial charge in [0.2, 0.25) is 0 Å². The highest BCUT2D eigenvalue weighted by Gasteiger charge is 2.28. The molecule has 1 heterocycles. The SMILES string of the molecule is Cc1c(Cl)cccc1Nc1ccccc1C(=O)NCCCC(C(=O)O)N1CCN(CC(=O)O)CCN(CC(=O)O)CCN(CC(=O)O)CC1. The number of nitrogens with one attached hydrogen (secondary N) is 2. The van der Waals surface area contributed by atoms with Gasteiger partial charge in [0.05, 0.1) is 30.9 Å². The molecule has 1 saturated heterocycles. The number of benzene rings is 2. The Bertz CT molecular complexity index is 1430. The molecule has 1 fully saturated rings. The molecule has 3 rings (SSSR count). The van der Waals surface area contributed by atoms with Gasteiger partial charge < -0.3 is 31.1 Å². The Morgan fingerprint density at radius 1 is 0.714 bits per heavy atom. The molecule has 0 aromatic heterocycles. The van der Waals surface area contributed by atoms with Crippen LogP contribution >= 0.6 is 11.6 Å². The number of carboxylic acids is 4. The molecule has 1 atom stereocenters. The first-order valence-corrected chi connectivity index (χ1v) is 16.4. The van der Waals surface area contributed by atoms with Crippen molar-refractivity contribution in [1.82, 2.24) is 24.9 Å². The Balaban J connectivity index is 1.69. The molecule has 2 aromatic rings. The molecule has 1 amide bonds. The molecule has 0 spiro atoms. The van der Waals surface area contributed by atoms with Gasteiger partial charge in [0, 0.05) is 69.6 Å². The second kappa shape index (κ2) is 19.7. The van der Waals surface area contributed by atoms with E-state index in [0.29, 0.717) is 22.7 Å². The van der Waals surface area contributed by atoms with Crippen molar-refractivity contribution in [2.24, 2.45) is 0 Å². The molecule has 0 aliphatic carbocycles. The smallest absolute Gasteiger partial charge is 0.320 e. The van der Waals surface area contributed by atoms with Gasteiger partial charge in [-0.05, 0) is 49.6 Å². The van der Waals surface area contributed by atoms with Crippen molar-refractivity contribution in [2.45, 2.75) is 25.8 Å². The first kappa shape index (κ1) is 39.2. The third kappa shape index (κ3) is 13.3. The van der Waals surface area contributed by atoms with E-state index in [-0.39, 0.29) is 90.9 Å². The van der Waals surface area contributed by atoms with Crippen LogP contribution in [-0.4, -0.2) is 154 Å². The van der Waals surface area contributed by atoms with Gasteiger partial charge in [-0.1, -0.05) is 29.8 Å². The summed E-state index contributed by atoms with van der Waals surface area (Å²) in [4.78, 5) is 66.9. The fourth-order valence-electron chi connectivity index (χ4n) is 5.65. The average molecular weight is 705 g/mol. The highest BCUT2D eigenvalue weighted by Crippen LogP contribution is 2.27. The van der Waals surface area contributed by atoms with Crippen LogP contribution in [0.5, 0.6) is 0 Å². The molecule has 16 heteroatoms. The van der Waals surface area contributed by atoms with Crippen LogP contribution in [0.4, 0.5) is 11.4 Å². The van der Waals surface area contributed by atoms with Crippen molar-refractivity contribution in [1.29, 1.82) is 0 Å². The van der Waals surface area contributed by atoms with Crippen LogP contribution in [0.2, 0.25) is 5.02 Å². The second-order valence-electron chi connectivity index (χ2n) is 11.9. The highest BCUT2D eigenvalue weighted by atomic mass is 35.5. The monoisotopic (exact) mass is 704 g/mol. The van der Waals surface area contributed by atoms with Gasteiger partial charge in [0.1, 0.15) is 6.04 Å². The minimum absolute atomic E-state index is 0.168. The van der Waals surface area contributed by atoms with Crippen molar-refractivity contribution in [3.63, 3.8) is 0 Å². The van der Waals surface area contributed by atoms with E-state index in [4.69, 9.17) is 11.6 Å². The second-order valence-corrected chi connectivity index (χ2v) is 12.3. The summed E-state index contributed by atoms with van der Waals surface area (Å²) in [6.45, 7) is 2.84. The number of carbonyl (C=O) groups is 5. The minimum Gasteiger partial charge on any atom is -0.480 e. The topological polar surface area (TPSA) is 203 Å². The van der Waals surface area contributed by atoms with E-state index >= 15 is 0 Å². The van der Waals surface area contributed by atoms with Crippen molar-refractivity contribution in [2.75, 3.05) is 83.9 Å². The Morgan fingerprint density at radius 2 is 1.20 bits per heavy atom. The number of nitrogens with zero attached hydrogens (tertiary/aromatic N) is 4. The predicted octanol–water partition coefficient (Wildman–Crippen LogP) is 1.83. The number of hydrogen-bond acceptors (Lipinski definition) is 10. The molecule has 2 aromatic carbocycles. The quantitative estimate of drug-likeness (QED) is 0.147. The molecule has 15 nitrogen and oxygen atoms in total. The van der Waals surface area contributed by atoms with Crippen LogP contribution in [0.15, 0.2) is 42.5 Å². The molecular weight excluding hydrogens is 660 g/mol. The molecule has 1 aliphatic rings. The zero-order chi connectivity index (χ0) is 35.9. The van der Waals surface area contributed by atoms with E-state index in [0.717, 1.165) is 11.3 Å². The number of rotatable bonds is 15. The Morgan fingerprint density at radius 3 is 1.71 bits per heavy atom. The van der Waals surface area contributed by atoms with Gasteiger partial charge in [-0.25, -0.2) is 0 Å². The lowest BCUT2D eigenvalue weighted by atomic mass is 10.1. The maximum Gasteiger partial charge on any atom is 0.320 e. The summed E-state index contributed by atoms with van der Waals surface area (Å²) >= 11 is 6.26. The third-order valence-electron chi connectivity index (χ3n) is 8.32. The van der Waals surface area contributed by atoms with Gasteiger partial charge in [-0.15, -0.1) is 0 Å². The summed E-state index contributed by atoms with van der Waals surface area (Å²) in [5.74, 6) is -4.62. The Labute approximate surface area is 290 Å². The lowest BCUT2D eigenvalue weighted by Gasteiger charge is -2.35. The number of para-hydroxylation sites is 1. The maximum atomic E-state index is 13.2. The lowest BCUT2D eigenvalue weighted by molar-refractivity contribution is -0.145. The summed E-state index contributed by atoms with van der Waals surface area (Å²) in [6.07, 6.45) is 0.492. The average Bonchev–Trinajstić information content (AvgIpc) is 3.03. The molecule has 49 heavy (non-hydrogen) atoms. The van der Waals surface area contributed by atoms with E-state index in [2.05, 4.69) is 10.6 Å². The minimum atomic E-state index is -1.09. The van der Waals surface area contributed by atoms with Gasteiger partial charge in [-0.2, -0.15) is 0 Å². The van der Waals surface area contributed by atoms with Crippen LogP contribution in [0.3, 0.4) is 0 Å². The van der Waals surface area contributed by atoms with Crippen LogP contribution in [0, 0.1) is 6.92 Å². The summed E-state index contributed by atoms with van der Waals surface area (Å²) in [5, 5.41) is 45.2. The van der Waals surface area contributed by atoms with Crippen molar-refractivity contribution in [3.8, 4) is 0 Å². The number of anilines is 2. The number of halogens is 1. The van der Waals surface area contributed by atoms with Gasteiger partial charge in [-0.3, -0.25) is 43.6 Å². The molecule has 0 saturated carbocycles. The van der Waals surface area contributed by atoms with Gasteiger partial charge >= 0.3 is 23.9 Å². The molecular formula is C33H45ClN6O9. The first-order chi connectivity index (χ1) is 23.3. The summed E-state index contributed by atoms with van der Waals surface area (Å²) in [5.41, 5.74) is 2.57. The molecule has 268 valence electrons. The largest absolute Gasteiger partial charge is 0.480 e. The lowest BCUT2D eigenvalue weighted by Crippen LogP contribution is -2.51. The van der Waals surface area contributed by atoms with E-state index < -0.39 is 29.9 Å². The highest BCUT2D eigenvalue weighted by molar-refractivity contribution is 6.31. The molecule has 1 unspecified atom stereocenters.